The van der Waals surface area contributed by atoms with E-state index in [1.807, 2.05) is 13.0 Å². The Balaban J connectivity index is 1.67. The van der Waals surface area contributed by atoms with E-state index in [4.69, 9.17) is 9.15 Å². The van der Waals surface area contributed by atoms with Crippen LogP contribution in [0.3, 0.4) is 0 Å². The van der Waals surface area contributed by atoms with Gasteiger partial charge in [-0.15, -0.1) is 9.61 Å². The average molecular weight is 376 g/mol. The number of aryl methyl sites for hydroxylation is 1. The molecule has 4 aromatic rings. The molecule has 0 atom stereocenters. The first-order valence-corrected chi connectivity index (χ1v) is 8.46. The Morgan fingerprint density at radius 2 is 1.96 bits per heavy atom. The number of nitrogens with zero attached hydrogens (tertiary/aromatic N) is 3. The van der Waals surface area contributed by atoms with Gasteiger partial charge in [0.2, 0.25) is 5.89 Å². The Morgan fingerprint density at radius 1 is 1.18 bits per heavy atom. The van der Waals surface area contributed by atoms with Crippen LogP contribution in [0.4, 0.5) is 5.69 Å². The number of anilines is 1. The highest BCUT2D eigenvalue weighted by Gasteiger charge is 2.15. The highest BCUT2D eigenvalue weighted by Crippen LogP contribution is 2.21. The lowest BCUT2D eigenvalue weighted by Gasteiger charge is -2.04. The predicted octanol–water partition coefficient (Wildman–Crippen LogP) is 2.92. The lowest BCUT2D eigenvalue weighted by molar-refractivity contribution is 0.102. The molecule has 8 nitrogen and oxygen atoms in total. The smallest absolute Gasteiger partial charge is 0.328 e. The highest BCUT2D eigenvalue weighted by molar-refractivity contribution is 6.04. The molecule has 1 amide bonds. The molecule has 0 saturated carbocycles. The second-order valence-electron chi connectivity index (χ2n) is 6.13. The summed E-state index contributed by atoms with van der Waals surface area (Å²) in [6, 6.07) is 14.1. The Bertz CT molecular complexity index is 1230. The number of hydrogen-bond donors (Lipinski definition) is 1. The van der Waals surface area contributed by atoms with Gasteiger partial charge in [0.05, 0.1) is 13.3 Å². The largest absolute Gasteiger partial charge is 0.497 e. The molecule has 28 heavy (non-hydrogen) atoms. The first-order valence-electron chi connectivity index (χ1n) is 8.46. The van der Waals surface area contributed by atoms with Crippen molar-refractivity contribution in [2.24, 2.45) is 0 Å². The first kappa shape index (κ1) is 17.5. The van der Waals surface area contributed by atoms with Crippen LogP contribution in [0.25, 0.3) is 17.3 Å². The van der Waals surface area contributed by atoms with Crippen LogP contribution < -0.4 is 15.6 Å². The zero-order valence-electron chi connectivity index (χ0n) is 15.2. The van der Waals surface area contributed by atoms with Crippen molar-refractivity contribution in [2.75, 3.05) is 12.4 Å². The van der Waals surface area contributed by atoms with E-state index in [2.05, 4.69) is 15.4 Å². The van der Waals surface area contributed by atoms with Gasteiger partial charge >= 0.3 is 11.4 Å². The van der Waals surface area contributed by atoms with Crippen molar-refractivity contribution in [3.8, 4) is 17.2 Å². The fourth-order valence-electron chi connectivity index (χ4n) is 2.70. The zero-order valence-corrected chi connectivity index (χ0v) is 15.2. The van der Waals surface area contributed by atoms with E-state index >= 15 is 0 Å². The normalized spacial score (nSPS) is 10.8. The third-order valence-electron chi connectivity index (χ3n) is 4.15. The van der Waals surface area contributed by atoms with Gasteiger partial charge in [0.15, 0.2) is 0 Å². The Hall–Kier alpha value is -3.94. The van der Waals surface area contributed by atoms with Crippen molar-refractivity contribution in [2.45, 2.75) is 6.92 Å². The summed E-state index contributed by atoms with van der Waals surface area (Å²) in [5.74, 6) is 0.552. The van der Waals surface area contributed by atoms with E-state index in [0.717, 1.165) is 10.1 Å². The molecule has 1 N–H and O–H groups in total. The fraction of sp³-hybridized carbons (Fsp3) is 0.100. The quantitative estimate of drug-likeness (QED) is 0.588. The van der Waals surface area contributed by atoms with Crippen LogP contribution in [-0.4, -0.2) is 27.6 Å². The van der Waals surface area contributed by atoms with Gasteiger partial charge in [-0.2, -0.15) is 0 Å². The Morgan fingerprint density at radius 3 is 2.68 bits per heavy atom. The lowest BCUT2D eigenvalue weighted by atomic mass is 10.1. The molecule has 0 fully saturated rings. The standard InChI is InChI=1S/C20H16N4O4/c1-12-4-3-5-14(10-12)17(25)22-16-11-21-20-24(19(16)26)23-18(28-20)13-6-8-15(27-2)9-7-13/h3-11H,1-2H3,(H,22,25). The summed E-state index contributed by atoms with van der Waals surface area (Å²) in [5.41, 5.74) is 1.53. The van der Waals surface area contributed by atoms with Crippen LogP contribution in [0.15, 0.2) is 63.9 Å². The van der Waals surface area contributed by atoms with Gasteiger partial charge in [0.25, 0.3) is 5.91 Å². The summed E-state index contributed by atoms with van der Waals surface area (Å²) in [4.78, 5) is 29.2. The molecule has 2 heterocycles. The minimum absolute atomic E-state index is 0.0126. The number of carbonyl (C=O) groups excluding carboxylic acids is 1. The molecule has 2 aromatic heterocycles. The summed E-state index contributed by atoms with van der Waals surface area (Å²) in [7, 11) is 1.57. The van der Waals surface area contributed by atoms with Crippen molar-refractivity contribution < 1.29 is 13.9 Å². The Kier molecular flexibility index (Phi) is 4.36. The summed E-state index contributed by atoms with van der Waals surface area (Å²) in [6.07, 6.45) is 1.26. The van der Waals surface area contributed by atoms with Gasteiger partial charge in [0.1, 0.15) is 11.4 Å². The number of carbonyl (C=O) groups is 1. The maximum atomic E-state index is 12.7. The molecule has 0 aliphatic rings. The van der Waals surface area contributed by atoms with Gasteiger partial charge in [-0.3, -0.25) is 9.59 Å². The summed E-state index contributed by atoms with van der Waals surface area (Å²) in [6.45, 7) is 1.88. The van der Waals surface area contributed by atoms with Crippen LogP contribution in [0.2, 0.25) is 0 Å². The second kappa shape index (κ2) is 6.99. The van der Waals surface area contributed by atoms with Crippen LogP contribution in [-0.2, 0) is 0 Å². The van der Waals surface area contributed by atoms with Crippen LogP contribution >= 0.6 is 0 Å². The van der Waals surface area contributed by atoms with Crippen LogP contribution in [0.5, 0.6) is 5.75 Å². The zero-order chi connectivity index (χ0) is 19.7. The van der Waals surface area contributed by atoms with E-state index in [-0.39, 0.29) is 17.4 Å². The number of nitrogens with one attached hydrogen (secondary N) is 1. The highest BCUT2D eigenvalue weighted by atomic mass is 16.5. The maximum absolute atomic E-state index is 12.7. The number of hydrogen-bond acceptors (Lipinski definition) is 6. The molecule has 2 aromatic carbocycles. The van der Waals surface area contributed by atoms with Gasteiger partial charge < -0.3 is 14.5 Å². The van der Waals surface area contributed by atoms with Gasteiger partial charge in [-0.1, -0.05) is 17.7 Å². The van der Waals surface area contributed by atoms with E-state index in [1.165, 1.54) is 6.20 Å². The molecule has 0 spiro atoms. The van der Waals surface area contributed by atoms with Crippen molar-refractivity contribution in [1.29, 1.82) is 0 Å². The van der Waals surface area contributed by atoms with Crippen molar-refractivity contribution in [3.63, 3.8) is 0 Å². The summed E-state index contributed by atoms with van der Waals surface area (Å²) >= 11 is 0. The lowest BCUT2D eigenvalue weighted by Crippen LogP contribution is -2.23. The molecule has 4 rings (SSSR count). The molecule has 0 aliphatic heterocycles. The molecule has 0 radical (unpaired) electrons. The molecule has 8 heteroatoms. The summed E-state index contributed by atoms with van der Waals surface area (Å²) in [5, 5.41) is 6.75. The van der Waals surface area contributed by atoms with E-state index in [0.29, 0.717) is 16.9 Å². The summed E-state index contributed by atoms with van der Waals surface area (Å²) < 4.78 is 11.7. The van der Waals surface area contributed by atoms with Gasteiger partial charge in [-0.25, -0.2) is 4.98 Å². The minimum atomic E-state index is -0.533. The van der Waals surface area contributed by atoms with Crippen molar-refractivity contribution in [3.05, 3.63) is 76.2 Å². The number of fused-ring (bicyclic) bond motifs is 1. The molecular weight excluding hydrogens is 360 g/mol. The van der Waals surface area contributed by atoms with E-state index in [1.54, 1.807) is 49.6 Å². The SMILES string of the molecule is COc1ccc(-c2nn3c(=O)c(NC(=O)c4cccc(C)c4)cnc3o2)cc1. The van der Waals surface area contributed by atoms with Crippen molar-refractivity contribution >= 4 is 17.4 Å². The van der Waals surface area contributed by atoms with Gasteiger partial charge in [0, 0.05) is 11.1 Å². The van der Waals surface area contributed by atoms with Crippen molar-refractivity contribution in [1.82, 2.24) is 14.6 Å². The average Bonchev–Trinajstić information content (AvgIpc) is 3.15. The molecule has 0 unspecified atom stereocenters. The number of rotatable bonds is 4. The predicted molar refractivity (Wildman–Crippen MR) is 103 cm³/mol. The molecule has 0 bridgehead atoms. The monoisotopic (exact) mass is 376 g/mol. The second-order valence-corrected chi connectivity index (χ2v) is 6.13. The number of amides is 1. The topological polar surface area (TPSA) is 98.7 Å². The number of methoxy groups -OCH3 is 1. The number of ether oxygens (including phenoxy) is 1. The van der Waals surface area contributed by atoms with Gasteiger partial charge in [-0.05, 0) is 43.3 Å². The third-order valence-corrected chi connectivity index (χ3v) is 4.15. The fourth-order valence-corrected chi connectivity index (χ4v) is 2.70. The van der Waals surface area contributed by atoms with Crippen LogP contribution in [0, 0.1) is 6.92 Å². The van der Waals surface area contributed by atoms with E-state index < -0.39 is 11.5 Å². The molecule has 0 aliphatic carbocycles. The van der Waals surface area contributed by atoms with E-state index in [9.17, 15) is 9.59 Å². The van der Waals surface area contributed by atoms with Crippen LogP contribution in [0.1, 0.15) is 15.9 Å². The molecular formula is C20H16N4O4. The Labute approximate surface area is 159 Å². The maximum Gasteiger partial charge on any atom is 0.328 e. The molecule has 140 valence electrons. The minimum Gasteiger partial charge on any atom is -0.497 e. The number of aromatic nitrogens is 3. The first-order chi connectivity index (χ1) is 13.5. The molecule has 0 saturated heterocycles. The third kappa shape index (κ3) is 3.23. The number of benzene rings is 2.